The van der Waals surface area contributed by atoms with Crippen molar-refractivity contribution in [2.24, 2.45) is 5.41 Å². The third kappa shape index (κ3) is 3.96. The van der Waals surface area contributed by atoms with Crippen molar-refractivity contribution in [3.05, 3.63) is 5.82 Å². The number of thioether (sulfide) groups is 1. The van der Waals surface area contributed by atoms with Gasteiger partial charge in [-0.25, -0.2) is 0 Å². The van der Waals surface area contributed by atoms with Crippen molar-refractivity contribution in [3.63, 3.8) is 0 Å². The average Bonchev–Trinajstić information content (AvgIpc) is 2.76. The van der Waals surface area contributed by atoms with Crippen LogP contribution in [0.4, 0.5) is 0 Å². The highest BCUT2D eigenvalue weighted by Gasteiger charge is 2.29. The summed E-state index contributed by atoms with van der Waals surface area (Å²) >= 11 is 1.11. The summed E-state index contributed by atoms with van der Waals surface area (Å²) in [7, 11) is 1.59. The van der Waals surface area contributed by atoms with Crippen molar-refractivity contribution < 1.29 is 14.7 Å². The molecule has 2 N–H and O–H groups in total. The molecule has 1 amide bonds. The van der Waals surface area contributed by atoms with E-state index in [4.69, 9.17) is 5.11 Å². The molecule has 0 fully saturated rings. The van der Waals surface area contributed by atoms with Crippen molar-refractivity contribution in [1.82, 2.24) is 20.1 Å². The fourth-order valence-corrected chi connectivity index (χ4v) is 2.45. The van der Waals surface area contributed by atoms with Gasteiger partial charge in [-0.3, -0.25) is 9.59 Å². The van der Waals surface area contributed by atoms with E-state index < -0.39 is 11.4 Å². The van der Waals surface area contributed by atoms with Gasteiger partial charge in [0.15, 0.2) is 5.16 Å². The number of nitrogens with zero attached hydrogens (tertiary/aromatic N) is 3. The molecular weight excluding hydrogens is 280 g/mol. The molecule has 0 radical (unpaired) electrons. The summed E-state index contributed by atoms with van der Waals surface area (Å²) in [5, 5.41) is 20.0. The number of aliphatic carboxylic acids is 1. The van der Waals surface area contributed by atoms with Crippen LogP contribution in [0.3, 0.4) is 0 Å². The second-order valence-electron chi connectivity index (χ2n) is 4.98. The summed E-state index contributed by atoms with van der Waals surface area (Å²) in [6, 6.07) is 0. The van der Waals surface area contributed by atoms with Gasteiger partial charge >= 0.3 is 5.97 Å². The molecule has 0 aliphatic rings. The normalized spacial score (nSPS) is 11.4. The van der Waals surface area contributed by atoms with Crippen LogP contribution in [0, 0.1) is 5.41 Å². The van der Waals surface area contributed by atoms with E-state index in [1.165, 1.54) is 0 Å². The molecule has 112 valence electrons. The fourth-order valence-electron chi connectivity index (χ4n) is 1.78. The molecule has 1 rings (SSSR count). The monoisotopic (exact) mass is 300 g/mol. The lowest BCUT2D eigenvalue weighted by molar-refractivity contribution is -0.134. The number of hydrogen-bond acceptors (Lipinski definition) is 5. The van der Waals surface area contributed by atoms with Crippen LogP contribution in [0.15, 0.2) is 5.16 Å². The Kier molecular flexibility index (Phi) is 5.55. The smallest absolute Gasteiger partial charge is 0.313 e. The van der Waals surface area contributed by atoms with E-state index in [0.717, 1.165) is 17.6 Å². The van der Waals surface area contributed by atoms with Gasteiger partial charge in [-0.1, -0.05) is 18.7 Å². The van der Waals surface area contributed by atoms with Crippen molar-refractivity contribution in [1.29, 1.82) is 0 Å². The Balaban J connectivity index is 2.99. The van der Waals surface area contributed by atoms with Gasteiger partial charge < -0.3 is 15.0 Å². The Morgan fingerprint density at radius 2 is 2.05 bits per heavy atom. The SMILES string of the molecule is CCc1nnc(SCC(=O)O)n1CC(C)(C)C(=O)NC. The first-order valence-electron chi connectivity index (χ1n) is 6.30. The highest BCUT2D eigenvalue weighted by Crippen LogP contribution is 2.24. The maximum atomic E-state index is 11.9. The molecule has 20 heavy (non-hydrogen) atoms. The largest absolute Gasteiger partial charge is 0.481 e. The van der Waals surface area contributed by atoms with Gasteiger partial charge in [0.05, 0.1) is 11.2 Å². The number of carbonyl (C=O) groups excluding carboxylic acids is 1. The summed E-state index contributed by atoms with van der Waals surface area (Å²) in [6.07, 6.45) is 0.671. The van der Waals surface area contributed by atoms with Gasteiger partial charge in [-0.2, -0.15) is 0 Å². The van der Waals surface area contributed by atoms with Gasteiger partial charge in [0.25, 0.3) is 0 Å². The second-order valence-corrected chi connectivity index (χ2v) is 5.93. The van der Waals surface area contributed by atoms with E-state index in [0.29, 0.717) is 18.1 Å². The number of carboxylic acids is 1. The lowest BCUT2D eigenvalue weighted by Gasteiger charge is -2.24. The average molecular weight is 300 g/mol. The highest BCUT2D eigenvalue weighted by molar-refractivity contribution is 7.99. The number of carbonyl (C=O) groups is 2. The zero-order valence-corrected chi connectivity index (χ0v) is 13.0. The Morgan fingerprint density at radius 3 is 2.55 bits per heavy atom. The Bertz CT molecular complexity index is 499. The van der Waals surface area contributed by atoms with Crippen LogP contribution in [0.2, 0.25) is 0 Å². The van der Waals surface area contributed by atoms with Crippen molar-refractivity contribution in [3.8, 4) is 0 Å². The van der Waals surface area contributed by atoms with E-state index in [9.17, 15) is 9.59 Å². The van der Waals surface area contributed by atoms with Gasteiger partial charge in [-0.05, 0) is 13.8 Å². The molecule has 0 unspecified atom stereocenters. The molecule has 0 bridgehead atoms. The van der Waals surface area contributed by atoms with Crippen molar-refractivity contribution in [2.75, 3.05) is 12.8 Å². The number of carboxylic acid groups (broad SMARTS) is 1. The van der Waals surface area contributed by atoms with E-state index in [-0.39, 0.29) is 11.7 Å². The van der Waals surface area contributed by atoms with E-state index in [1.807, 2.05) is 25.3 Å². The molecular formula is C12H20N4O3S. The number of amides is 1. The summed E-state index contributed by atoms with van der Waals surface area (Å²) in [6.45, 7) is 6.01. The van der Waals surface area contributed by atoms with Crippen LogP contribution in [-0.2, 0) is 22.6 Å². The maximum Gasteiger partial charge on any atom is 0.313 e. The maximum absolute atomic E-state index is 11.9. The van der Waals surface area contributed by atoms with Crippen LogP contribution in [0.25, 0.3) is 0 Å². The Hall–Kier alpha value is -1.57. The summed E-state index contributed by atoms with van der Waals surface area (Å²) in [4.78, 5) is 22.5. The third-order valence-electron chi connectivity index (χ3n) is 2.83. The first kappa shape index (κ1) is 16.5. The number of nitrogens with one attached hydrogen (secondary N) is 1. The van der Waals surface area contributed by atoms with E-state index in [1.54, 1.807) is 7.05 Å². The predicted octanol–water partition coefficient (Wildman–Crippen LogP) is 0.789. The second kappa shape index (κ2) is 6.74. The Morgan fingerprint density at radius 1 is 1.40 bits per heavy atom. The minimum atomic E-state index is -0.909. The summed E-state index contributed by atoms with van der Waals surface area (Å²) in [5.74, 6) is -0.326. The molecule has 0 aliphatic heterocycles. The van der Waals surface area contributed by atoms with Gasteiger partial charge in [-0.15, -0.1) is 10.2 Å². The zero-order chi connectivity index (χ0) is 15.3. The molecule has 1 heterocycles. The van der Waals surface area contributed by atoms with Crippen LogP contribution in [-0.4, -0.2) is 44.5 Å². The third-order valence-corrected chi connectivity index (χ3v) is 3.78. The minimum absolute atomic E-state index is 0.0811. The van der Waals surface area contributed by atoms with Gasteiger partial charge in [0.2, 0.25) is 5.91 Å². The number of aryl methyl sites for hydroxylation is 1. The zero-order valence-electron chi connectivity index (χ0n) is 12.1. The molecule has 1 aromatic heterocycles. The molecule has 8 heteroatoms. The molecule has 0 spiro atoms. The quantitative estimate of drug-likeness (QED) is 0.723. The molecule has 7 nitrogen and oxygen atoms in total. The lowest BCUT2D eigenvalue weighted by atomic mass is 9.92. The minimum Gasteiger partial charge on any atom is -0.481 e. The Labute approximate surface area is 122 Å². The van der Waals surface area contributed by atoms with E-state index in [2.05, 4.69) is 15.5 Å². The summed E-state index contributed by atoms with van der Waals surface area (Å²) < 4.78 is 1.82. The lowest BCUT2D eigenvalue weighted by Crippen LogP contribution is -2.38. The topological polar surface area (TPSA) is 97.1 Å². The van der Waals surface area contributed by atoms with Crippen molar-refractivity contribution >= 4 is 23.6 Å². The standard InChI is InChI=1S/C12H20N4O3S/c1-5-8-14-15-11(20-6-9(17)18)16(8)7-12(2,3)10(19)13-4/h5-7H2,1-4H3,(H,13,19)(H,17,18). The summed E-state index contributed by atoms with van der Waals surface area (Å²) in [5.41, 5.74) is -0.625. The molecule has 0 atom stereocenters. The first-order valence-corrected chi connectivity index (χ1v) is 7.29. The van der Waals surface area contributed by atoms with Crippen LogP contribution in [0.5, 0.6) is 0 Å². The van der Waals surface area contributed by atoms with Gasteiger partial charge in [0, 0.05) is 20.0 Å². The molecule has 0 saturated heterocycles. The molecule has 1 aromatic rings. The molecule has 0 saturated carbocycles. The molecule has 0 aliphatic carbocycles. The van der Waals surface area contributed by atoms with Crippen LogP contribution >= 0.6 is 11.8 Å². The number of hydrogen-bond donors (Lipinski definition) is 2. The highest BCUT2D eigenvalue weighted by atomic mass is 32.2. The van der Waals surface area contributed by atoms with Crippen LogP contribution in [0.1, 0.15) is 26.6 Å². The fraction of sp³-hybridized carbons (Fsp3) is 0.667. The first-order chi connectivity index (χ1) is 9.31. The molecule has 0 aromatic carbocycles. The number of rotatable bonds is 7. The van der Waals surface area contributed by atoms with Crippen molar-refractivity contribution in [2.45, 2.75) is 38.9 Å². The van der Waals surface area contributed by atoms with Crippen LogP contribution < -0.4 is 5.32 Å². The van der Waals surface area contributed by atoms with Gasteiger partial charge in [0.1, 0.15) is 5.82 Å². The number of aromatic nitrogens is 3. The predicted molar refractivity (Wildman–Crippen MR) is 75.6 cm³/mol. The van der Waals surface area contributed by atoms with E-state index >= 15 is 0 Å².